The van der Waals surface area contributed by atoms with E-state index in [0.29, 0.717) is 24.4 Å². The van der Waals surface area contributed by atoms with E-state index in [2.05, 4.69) is 5.32 Å². The number of nitrogens with zero attached hydrogens (tertiary/aromatic N) is 1. The molecule has 0 aliphatic rings. The van der Waals surface area contributed by atoms with Crippen molar-refractivity contribution in [3.8, 4) is 0 Å². The molecule has 0 heterocycles. The third-order valence-corrected chi connectivity index (χ3v) is 4.97. The maximum atomic E-state index is 13.2. The molecule has 4 nitrogen and oxygen atoms in total. The maximum Gasteiger partial charge on any atom is 0.242 e. The third kappa shape index (κ3) is 6.38. The molecule has 0 bridgehead atoms. The molecule has 0 unspecified atom stereocenters. The Bertz CT molecular complexity index is 777. The van der Waals surface area contributed by atoms with Gasteiger partial charge in [0.2, 0.25) is 11.8 Å². The van der Waals surface area contributed by atoms with Crippen LogP contribution in [0, 0.1) is 0 Å². The summed E-state index contributed by atoms with van der Waals surface area (Å²) in [6.07, 6.45) is 1.43. The van der Waals surface area contributed by atoms with E-state index in [1.54, 1.807) is 11.0 Å². The van der Waals surface area contributed by atoms with Gasteiger partial charge in [0.15, 0.2) is 0 Å². The van der Waals surface area contributed by atoms with Gasteiger partial charge in [-0.15, -0.1) is 0 Å². The van der Waals surface area contributed by atoms with E-state index in [4.69, 9.17) is 11.6 Å². The van der Waals surface area contributed by atoms with Crippen molar-refractivity contribution in [1.29, 1.82) is 0 Å². The Hall–Kier alpha value is -2.33. The summed E-state index contributed by atoms with van der Waals surface area (Å²) in [5, 5.41) is 3.51. The van der Waals surface area contributed by atoms with Gasteiger partial charge in [-0.1, -0.05) is 67.1 Å². The Morgan fingerprint density at radius 2 is 1.68 bits per heavy atom. The van der Waals surface area contributed by atoms with Crippen LogP contribution in [-0.2, 0) is 22.4 Å². The van der Waals surface area contributed by atoms with Crippen LogP contribution in [0.25, 0.3) is 0 Å². The fourth-order valence-corrected chi connectivity index (χ4v) is 3.39. The molecule has 0 saturated carbocycles. The first kappa shape index (κ1) is 22.0. The standard InChI is InChI=1S/C23H29ClN2O2/c1-4-21(23(28)25-17(2)3)26(15-14-18-10-6-5-7-11-18)22(27)16-19-12-8-9-13-20(19)24/h5-13,17,21H,4,14-16H2,1-3H3,(H,25,28)/t21-/m0/s1. The van der Waals surface area contributed by atoms with Gasteiger partial charge in [0.1, 0.15) is 6.04 Å². The highest BCUT2D eigenvalue weighted by molar-refractivity contribution is 6.31. The number of amides is 2. The van der Waals surface area contributed by atoms with Crippen LogP contribution in [0.5, 0.6) is 0 Å². The van der Waals surface area contributed by atoms with Crippen molar-refractivity contribution in [2.24, 2.45) is 0 Å². The fourth-order valence-electron chi connectivity index (χ4n) is 3.18. The predicted octanol–water partition coefficient (Wildman–Crippen LogP) is 4.26. The van der Waals surface area contributed by atoms with E-state index in [1.165, 1.54) is 0 Å². The van der Waals surface area contributed by atoms with Crippen LogP contribution >= 0.6 is 11.6 Å². The van der Waals surface area contributed by atoms with Crippen LogP contribution in [0.1, 0.15) is 38.3 Å². The molecule has 0 aliphatic heterocycles. The quantitative estimate of drug-likeness (QED) is 0.683. The Labute approximate surface area is 172 Å². The lowest BCUT2D eigenvalue weighted by atomic mass is 10.1. The van der Waals surface area contributed by atoms with E-state index in [-0.39, 0.29) is 24.3 Å². The van der Waals surface area contributed by atoms with E-state index < -0.39 is 6.04 Å². The summed E-state index contributed by atoms with van der Waals surface area (Å²) in [6, 6.07) is 16.9. The largest absolute Gasteiger partial charge is 0.352 e. The summed E-state index contributed by atoms with van der Waals surface area (Å²) in [4.78, 5) is 27.6. The highest BCUT2D eigenvalue weighted by Crippen LogP contribution is 2.18. The van der Waals surface area contributed by atoms with Gasteiger partial charge in [-0.2, -0.15) is 0 Å². The van der Waals surface area contributed by atoms with Crippen LogP contribution in [0.2, 0.25) is 5.02 Å². The molecule has 0 saturated heterocycles. The van der Waals surface area contributed by atoms with Gasteiger partial charge in [-0.3, -0.25) is 9.59 Å². The van der Waals surface area contributed by atoms with E-state index in [0.717, 1.165) is 11.1 Å². The average molecular weight is 401 g/mol. The van der Waals surface area contributed by atoms with Gasteiger partial charge < -0.3 is 10.2 Å². The van der Waals surface area contributed by atoms with Crippen LogP contribution in [0.15, 0.2) is 54.6 Å². The second-order valence-electron chi connectivity index (χ2n) is 7.18. The number of carbonyl (C=O) groups excluding carboxylic acids is 2. The fraction of sp³-hybridized carbons (Fsp3) is 0.391. The van der Waals surface area contributed by atoms with E-state index in [1.807, 2.05) is 69.3 Å². The predicted molar refractivity (Wildman–Crippen MR) is 114 cm³/mol. The molecule has 2 rings (SSSR count). The second kappa shape index (κ2) is 10.9. The highest BCUT2D eigenvalue weighted by Gasteiger charge is 2.28. The number of benzene rings is 2. The van der Waals surface area contributed by atoms with Gasteiger partial charge in [0.25, 0.3) is 0 Å². The zero-order valence-corrected chi connectivity index (χ0v) is 17.6. The number of rotatable bonds is 9. The number of carbonyl (C=O) groups is 2. The first-order chi connectivity index (χ1) is 13.4. The zero-order chi connectivity index (χ0) is 20.5. The van der Waals surface area contributed by atoms with Crippen molar-refractivity contribution < 1.29 is 9.59 Å². The molecular weight excluding hydrogens is 372 g/mol. The first-order valence-corrected chi connectivity index (χ1v) is 10.2. The minimum atomic E-state index is -0.499. The van der Waals surface area contributed by atoms with Crippen LogP contribution in [0.3, 0.4) is 0 Å². The summed E-state index contributed by atoms with van der Waals surface area (Å²) in [5.74, 6) is -0.201. The smallest absolute Gasteiger partial charge is 0.242 e. The van der Waals surface area contributed by atoms with Crippen molar-refractivity contribution in [1.82, 2.24) is 10.2 Å². The average Bonchev–Trinajstić information content (AvgIpc) is 2.67. The molecular formula is C23H29ClN2O2. The van der Waals surface area contributed by atoms with Gasteiger partial charge in [0.05, 0.1) is 6.42 Å². The molecule has 1 atom stereocenters. The summed E-state index contributed by atoms with van der Waals surface area (Å²) in [7, 11) is 0. The summed E-state index contributed by atoms with van der Waals surface area (Å²) in [6.45, 7) is 6.26. The van der Waals surface area contributed by atoms with Gasteiger partial charge in [-0.05, 0) is 43.9 Å². The maximum absolute atomic E-state index is 13.2. The van der Waals surface area contributed by atoms with Crippen LogP contribution < -0.4 is 5.32 Å². The molecule has 2 aromatic carbocycles. The summed E-state index contributed by atoms with van der Waals surface area (Å²) < 4.78 is 0. The SMILES string of the molecule is CC[C@@H](C(=O)NC(C)C)N(CCc1ccccc1)C(=O)Cc1ccccc1Cl. The van der Waals surface area contributed by atoms with E-state index >= 15 is 0 Å². The number of hydrogen-bond donors (Lipinski definition) is 1. The molecule has 0 radical (unpaired) electrons. The molecule has 5 heteroatoms. The molecule has 28 heavy (non-hydrogen) atoms. The van der Waals surface area contributed by atoms with Crippen molar-refractivity contribution in [3.63, 3.8) is 0 Å². The highest BCUT2D eigenvalue weighted by atomic mass is 35.5. The van der Waals surface area contributed by atoms with Gasteiger partial charge in [-0.25, -0.2) is 0 Å². The molecule has 0 spiro atoms. The van der Waals surface area contributed by atoms with Gasteiger partial charge >= 0.3 is 0 Å². The number of hydrogen-bond acceptors (Lipinski definition) is 2. The molecule has 2 amide bonds. The Morgan fingerprint density at radius 3 is 2.29 bits per heavy atom. The van der Waals surface area contributed by atoms with Gasteiger partial charge in [0, 0.05) is 17.6 Å². The zero-order valence-electron chi connectivity index (χ0n) is 16.8. The van der Waals surface area contributed by atoms with Crippen LogP contribution in [-0.4, -0.2) is 35.3 Å². The van der Waals surface area contributed by atoms with Crippen molar-refractivity contribution in [2.75, 3.05) is 6.54 Å². The first-order valence-electron chi connectivity index (χ1n) is 9.79. The number of nitrogens with one attached hydrogen (secondary N) is 1. The van der Waals surface area contributed by atoms with Crippen molar-refractivity contribution in [3.05, 3.63) is 70.7 Å². The van der Waals surface area contributed by atoms with Crippen molar-refractivity contribution >= 4 is 23.4 Å². The summed E-state index contributed by atoms with van der Waals surface area (Å²) >= 11 is 6.24. The molecule has 2 aromatic rings. The lowest BCUT2D eigenvalue weighted by Crippen LogP contribution is -2.51. The van der Waals surface area contributed by atoms with Crippen LogP contribution in [0.4, 0.5) is 0 Å². The third-order valence-electron chi connectivity index (χ3n) is 4.60. The molecule has 0 fully saturated rings. The monoisotopic (exact) mass is 400 g/mol. The molecule has 1 N–H and O–H groups in total. The Balaban J connectivity index is 2.21. The lowest BCUT2D eigenvalue weighted by molar-refractivity contribution is -0.140. The Kier molecular flexibility index (Phi) is 8.52. The number of halogens is 1. The minimum absolute atomic E-state index is 0.0243. The molecule has 0 aromatic heterocycles. The van der Waals surface area contributed by atoms with E-state index in [9.17, 15) is 9.59 Å². The topological polar surface area (TPSA) is 49.4 Å². The normalized spacial score (nSPS) is 11.9. The second-order valence-corrected chi connectivity index (χ2v) is 7.59. The Morgan fingerprint density at radius 1 is 1.04 bits per heavy atom. The lowest BCUT2D eigenvalue weighted by Gasteiger charge is -2.31. The molecule has 0 aliphatic carbocycles. The minimum Gasteiger partial charge on any atom is -0.352 e. The van der Waals surface area contributed by atoms with Crippen molar-refractivity contribution in [2.45, 2.75) is 52.1 Å². The summed E-state index contributed by atoms with van der Waals surface area (Å²) in [5.41, 5.74) is 1.91. The molecule has 150 valence electrons.